The molecule has 7 nitrogen and oxygen atoms in total. The molecule has 0 bridgehead atoms. The summed E-state index contributed by atoms with van der Waals surface area (Å²) in [5.41, 5.74) is 1.88. The van der Waals surface area contributed by atoms with Crippen LogP contribution in [-0.4, -0.2) is 43.3 Å². The number of ether oxygens (including phenoxy) is 2. The summed E-state index contributed by atoms with van der Waals surface area (Å²) < 4.78 is 11.4. The van der Waals surface area contributed by atoms with E-state index in [1.807, 2.05) is 37.3 Å². The predicted octanol–water partition coefficient (Wildman–Crippen LogP) is 4.31. The number of carbonyl (C=O) groups is 2. The summed E-state index contributed by atoms with van der Waals surface area (Å²) >= 11 is 2.66. The average Bonchev–Trinajstić information content (AvgIpc) is 3.20. The van der Waals surface area contributed by atoms with Crippen LogP contribution < -0.4 is 20.1 Å². The number of thiazole rings is 1. The summed E-state index contributed by atoms with van der Waals surface area (Å²) in [5.74, 6) is 0.694. The number of hydrogen-bond acceptors (Lipinski definition) is 7. The minimum atomic E-state index is -0.336. The fourth-order valence-corrected chi connectivity index (χ4v) is 4.74. The summed E-state index contributed by atoms with van der Waals surface area (Å²) in [6.07, 6.45) is 0. The molecule has 0 radical (unpaired) electrons. The monoisotopic (exact) mass is 457 g/mol. The van der Waals surface area contributed by atoms with E-state index in [9.17, 15) is 9.59 Å². The molecule has 0 fully saturated rings. The Bertz CT molecular complexity index is 1050. The van der Waals surface area contributed by atoms with Crippen LogP contribution in [0.5, 0.6) is 11.5 Å². The first-order valence-corrected chi connectivity index (χ1v) is 11.4. The molecule has 0 saturated carbocycles. The van der Waals surface area contributed by atoms with Gasteiger partial charge >= 0.3 is 0 Å². The van der Waals surface area contributed by atoms with E-state index in [4.69, 9.17) is 9.47 Å². The highest BCUT2D eigenvalue weighted by Crippen LogP contribution is 2.38. The van der Waals surface area contributed by atoms with Crippen LogP contribution in [0, 0.1) is 0 Å². The number of benzene rings is 2. The number of aromatic nitrogens is 1. The van der Waals surface area contributed by atoms with Gasteiger partial charge in [-0.1, -0.05) is 59.5 Å². The van der Waals surface area contributed by atoms with Gasteiger partial charge in [-0.05, 0) is 19.1 Å². The molecule has 0 aliphatic carbocycles. The van der Waals surface area contributed by atoms with Gasteiger partial charge in [-0.15, -0.1) is 0 Å². The number of para-hydroxylation sites is 1. The van der Waals surface area contributed by atoms with Crippen LogP contribution >= 0.6 is 23.1 Å². The van der Waals surface area contributed by atoms with E-state index < -0.39 is 0 Å². The van der Waals surface area contributed by atoms with Crippen LogP contribution in [0.1, 0.15) is 17.3 Å². The molecule has 162 valence electrons. The molecule has 0 aliphatic heterocycles. The van der Waals surface area contributed by atoms with E-state index in [1.54, 1.807) is 18.2 Å². The minimum absolute atomic E-state index is 0.0596. The van der Waals surface area contributed by atoms with Gasteiger partial charge in [0, 0.05) is 12.1 Å². The standard InChI is InChI=1S/C22H23N3O4S2/c1-4-23-17(26)13-30-22-24-18(14-9-6-5-7-10-14)21(31-22)25-20(27)15-11-8-12-16(28-2)19(15)29-3/h5-12H,4,13H2,1-3H3,(H,23,26)(H,25,27). The van der Waals surface area contributed by atoms with Crippen molar-refractivity contribution in [3.63, 3.8) is 0 Å². The molecule has 2 N–H and O–H groups in total. The van der Waals surface area contributed by atoms with Crippen LogP contribution in [0.2, 0.25) is 0 Å². The number of methoxy groups -OCH3 is 2. The molecule has 0 saturated heterocycles. The van der Waals surface area contributed by atoms with Crippen molar-refractivity contribution in [2.24, 2.45) is 0 Å². The number of rotatable bonds is 9. The third kappa shape index (κ3) is 5.56. The largest absolute Gasteiger partial charge is 0.493 e. The topological polar surface area (TPSA) is 89.6 Å². The quantitative estimate of drug-likeness (QED) is 0.466. The second kappa shape index (κ2) is 10.8. The van der Waals surface area contributed by atoms with Crippen molar-refractivity contribution in [2.45, 2.75) is 11.3 Å². The van der Waals surface area contributed by atoms with Gasteiger partial charge in [0.15, 0.2) is 15.8 Å². The number of thioether (sulfide) groups is 1. The second-order valence-electron chi connectivity index (χ2n) is 6.26. The number of carbonyl (C=O) groups excluding carboxylic acids is 2. The first-order chi connectivity index (χ1) is 15.1. The van der Waals surface area contributed by atoms with Gasteiger partial charge in [0.05, 0.1) is 25.5 Å². The Labute approximate surface area is 189 Å². The molecular weight excluding hydrogens is 434 g/mol. The Morgan fingerprint density at radius 1 is 1.06 bits per heavy atom. The number of nitrogens with zero attached hydrogens (tertiary/aromatic N) is 1. The van der Waals surface area contributed by atoms with E-state index in [0.717, 1.165) is 5.56 Å². The molecule has 1 aromatic heterocycles. The molecule has 3 aromatic rings. The van der Waals surface area contributed by atoms with Crippen molar-refractivity contribution in [2.75, 3.05) is 31.8 Å². The Morgan fingerprint density at radius 2 is 1.84 bits per heavy atom. The predicted molar refractivity (Wildman–Crippen MR) is 124 cm³/mol. The molecule has 3 rings (SSSR count). The Hall–Kier alpha value is -3.04. The van der Waals surface area contributed by atoms with Crippen molar-refractivity contribution >= 4 is 39.9 Å². The van der Waals surface area contributed by atoms with Gasteiger partial charge in [0.2, 0.25) is 5.91 Å². The van der Waals surface area contributed by atoms with Gasteiger partial charge in [0.25, 0.3) is 5.91 Å². The maximum atomic E-state index is 13.1. The summed E-state index contributed by atoms with van der Waals surface area (Å²) in [7, 11) is 3.02. The summed E-state index contributed by atoms with van der Waals surface area (Å²) in [5, 5.41) is 6.32. The number of amides is 2. The van der Waals surface area contributed by atoms with Crippen molar-refractivity contribution in [1.29, 1.82) is 0 Å². The van der Waals surface area contributed by atoms with Gasteiger partial charge in [-0.3, -0.25) is 9.59 Å². The Balaban J connectivity index is 1.90. The van der Waals surface area contributed by atoms with E-state index in [2.05, 4.69) is 15.6 Å². The third-order valence-corrected chi connectivity index (χ3v) is 6.34. The van der Waals surface area contributed by atoms with Crippen LogP contribution in [0.3, 0.4) is 0 Å². The first kappa shape index (κ1) is 22.6. The molecule has 0 spiro atoms. The second-order valence-corrected chi connectivity index (χ2v) is 8.48. The summed E-state index contributed by atoms with van der Waals surface area (Å²) in [6.45, 7) is 2.45. The zero-order chi connectivity index (χ0) is 22.2. The first-order valence-electron chi connectivity index (χ1n) is 9.55. The van der Waals surface area contributed by atoms with Crippen LogP contribution in [0.25, 0.3) is 11.3 Å². The highest BCUT2D eigenvalue weighted by molar-refractivity contribution is 8.01. The van der Waals surface area contributed by atoms with Gasteiger partial charge in [0.1, 0.15) is 10.7 Å². The molecule has 0 aliphatic rings. The maximum Gasteiger partial charge on any atom is 0.260 e. The fraction of sp³-hybridized carbons (Fsp3) is 0.227. The maximum absolute atomic E-state index is 13.1. The molecule has 0 unspecified atom stereocenters. The normalized spacial score (nSPS) is 10.4. The minimum Gasteiger partial charge on any atom is -0.493 e. The van der Waals surface area contributed by atoms with E-state index in [-0.39, 0.29) is 17.6 Å². The fourth-order valence-electron chi connectivity index (χ4n) is 2.85. The number of anilines is 1. The lowest BCUT2D eigenvalue weighted by Gasteiger charge is -2.12. The zero-order valence-corrected chi connectivity index (χ0v) is 19.1. The molecular formula is C22H23N3O4S2. The van der Waals surface area contributed by atoms with E-state index in [0.29, 0.717) is 38.6 Å². The van der Waals surface area contributed by atoms with Crippen molar-refractivity contribution in [1.82, 2.24) is 10.3 Å². The lowest BCUT2D eigenvalue weighted by Crippen LogP contribution is -2.24. The van der Waals surface area contributed by atoms with Gasteiger partial charge in [-0.25, -0.2) is 4.98 Å². The number of hydrogen-bond donors (Lipinski definition) is 2. The van der Waals surface area contributed by atoms with Crippen molar-refractivity contribution < 1.29 is 19.1 Å². The van der Waals surface area contributed by atoms with E-state index in [1.165, 1.54) is 37.3 Å². The van der Waals surface area contributed by atoms with Gasteiger partial charge in [-0.2, -0.15) is 0 Å². The van der Waals surface area contributed by atoms with E-state index >= 15 is 0 Å². The van der Waals surface area contributed by atoms with Gasteiger partial charge < -0.3 is 20.1 Å². The summed E-state index contributed by atoms with van der Waals surface area (Å²) in [6, 6.07) is 14.7. The molecule has 2 amide bonds. The summed E-state index contributed by atoms with van der Waals surface area (Å²) in [4.78, 5) is 29.6. The lowest BCUT2D eigenvalue weighted by atomic mass is 10.1. The highest BCUT2D eigenvalue weighted by atomic mass is 32.2. The Morgan fingerprint density at radius 3 is 2.52 bits per heavy atom. The average molecular weight is 458 g/mol. The molecule has 2 aromatic carbocycles. The van der Waals surface area contributed by atoms with Crippen LogP contribution in [0.4, 0.5) is 5.00 Å². The number of nitrogens with one attached hydrogen (secondary N) is 2. The Kier molecular flexibility index (Phi) is 7.91. The molecule has 9 heteroatoms. The SMILES string of the molecule is CCNC(=O)CSc1nc(-c2ccccc2)c(NC(=O)c2cccc(OC)c2OC)s1. The van der Waals surface area contributed by atoms with Crippen molar-refractivity contribution in [3.05, 3.63) is 54.1 Å². The third-order valence-electron chi connectivity index (χ3n) is 4.23. The molecule has 1 heterocycles. The highest BCUT2D eigenvalue weighted by Gasteiger charge is 2.21. The van der Waals surface area contributed by atoms with Crippen LogP contribution in [-0.2, 0) is 4.79 Å². The van der Waals surface area contributed by atoms with Crippen molar-refractivity contribution in [3.8, 4) is 22.8 Å². The van der Waals surface area contributed by atoms with Crippen LogP contribution in [0.15, 0.2) is 52.9 Å². The lowest BCUT2D eigenvalue weighted by molar-refractivity contribution is -0.118. The molecule has 31 heavy (non-hydrogen) atoms. The smallest absolute Gasteiger partial charge is 0.260 e. The molecule has 0 atom stereocenters. The zero-order valence-electron chi connectivity index (χ0n) is 17.4.